The number of anilines is 1. The third-order valence-electron chi connectivity index (χ3n) is 3.93. The molecule has 1 aromatic rings. The highest BCUT2D eigenvalue weighted by Gasteiger charge is 2.35. The molecule has 0 N–H and O–H groups in total. The molecule has 1 saturated heterocycles. The van der Waals surface area contributed by atoms with E-state index in [0.717, 1.165) is 24.3 Å². The van der Waals surface area contributed by atoms with Gasteiger partial charge in [0.25, 0.3) is 0 Å². The number of rotatable bonds is 1. The second-order valence-electron chi connectivity index (χ2n) is 7.27. The zero-order valence-corrected chi connectivity index (χ0v) is 15.4. The van der Waals surface area contributed by atoms with Crippen molar-refractivity contribution in [3.8, 4) is 0 Å². The van der Waals surface area contributed by atoms with E-state index in [-0.39, 0.29) is 18.2 Å². The third-order valence-corrected chi connectivity index (χ3v) is 4.28. The van der Waals surface area contributed by atoms with E-state index in [9.17, 15) is 4.79 Å². The van der Waals surface area contributed by atoms with Crippen LogP contribution in [-0.2, 0) is 4.74 Å². The highest BCUT2D eigenvalue weighted by atomic mass is 35.5. The third kappa shape index (κ3) is 4.31. The van der Waals surface area contributed by atoms with Crippen LogP contribution in [0.2, 0.25) is 5.02 Å². The molecule has 127 valence electrons. The maximum atomic E-state index is 12.4. The van der Waals surface area contributed by atoms with Gasteiger partial charge in [-0.25, -0.2) is 4.79 Å². The fraction of sp³-hybridized carbons (Fsp3) is 0.556. The van der Waals surface area contributed by atoms with Crippen molar-refractivity contribution < 1.29 is 9.53 Å². The molecular formula is C18H26ClN2O2. The van der Waals surface area contributed by atoms with Crippen LogP contribution in [-0.4, -0.2) is 41.8 Å². The highest BCUT2D eigenvalue weighted by Crippen LogP contribution is 2.27. The molecule has 0 bridgehead atoms. The minimum atomic E-state index is -0.481. The Labute approximate surface area is 144 Å². The molecule has 1 aliphatic heterocycles. The Balaban J connectivity index is 2.12. The first-order chi connectivity index (χ1) is 10.6. The number of nitrogens with zero attached hydrogens (tertiary/aromatic N) is 2. The number of hydrogen-bond acceptors (Lipinski definition) is 3. The quantitative estimate of drug-likeness (QED) is 0.763. The van der Waals surface area contributed by atoms with Crippen LogP contribution in [0.25, 0.3) is 0 Å². The molecule has 1 amide bonds. The fourth-order valence-electron chi connectivity index (χ4n) is 2.94. The summed E-state index contributed by atoms with van der Waals surface area (Å²) in [4.78, 5) is 16.5. The summed E-state index contributed by atoms with van der Waals surface area (Å²) in [6.07, 6.45) is -0.247. The number of carbonyl (C=O) groups excluding carboxylic acids is 1. The molecule has 0 spiro atoms. The summed E-state index contributed by atoms with van der Waals surface area (Å²) < 4.78 is 5.53. The number of carbonyl (C=O) groups is 1. The van der Waals surface area contributed by atoms with Crippen LogP contribution >= 0.6 is 11.6 Å². The van der Waals surface area contributed by atoms with Gasteiger partial charge in [-0.15, -0.1) is 0 Å². The van der Waals surface area contributed by atoms with E-state index in [0.29, 0.717) is 5.02 Å². The SMILES string of the molecule is [CH2]c1ccc(N2C[C@@H](C)N(C(=O)OC(C)(C)C)[C@@H](C)C2)cc1Cl. The first kappa shape index (κ1) is 17.9. The van der Waals surface area contributed by atoms with Crippen LogP contribution in [0.3, 0.4) is 0 Å². The van der Waals surface area contributed by atoms with Crippen molar-refractivity contribution in [3.63, 3.8) is 0 Å². The lowest BCUT2D eigenvalue weighted by atomic mass is 10.1. The standard InChI is InChI=1S/C18H26ClN2O2/c1-12-7-8-15(9-16(12)19)20-10-13(2)21(14(3)11-20)17(22)23-18(4,5)6/h7-9,13-14H,1,10-11H2,2-6H3/t13-,14+. The van der Waals surface area contributed by atoms with E-state index in [1.54, 1.807) is 0 Å². The largest absolute Gasteiger partial charge is 0.444 e. The average Bonchev–Trinajstić information content (AvgIpc) is 2.38. The fourth-order valence-corrected chi connectivity index (χ4v) is 3.12. The summed E-state index contributed by atoms with van der Waals surface area (Å²) in [5.41, 5.74) is 1.40. The summed E-state index contributed by atoms with van der Waals surface area (Å²) in [5.74, 6) is 0. The Hall–Kier alpha value is -1.42. The summed E-state index contributed by atoms with van der Waals surface area (Å²) >= 11 is 6.18. The van der Waals surface area contributed by atoms with Crippen molar-refractivity contribution in [2.45, 2.75) is 52.3 Å². The Morgan fingerprint density at radius 2 is 1.83 bits per heavy atom. The Morgan fingerprint density at radius 1 is 1.26 bits per heavy atom. The van der Waals surface area contributed by atoms with Gasteiger partial charge in [-0.1, -0.05) is 17.7 Å². The lowest BCUT2D eigenvalue weighted by Crippen LogP contribution is -2.59. The second kappa shape index (κ2) is 6.60. The van der Waals surface area contributed by atoms with Gasteiger partial charge >= 0.3 is 6.09 Å². The van der Waals surface area contributed by atoms with Gasteiger partial charge in [-0.3, -0.25) is 4.90 Å². The molecule has 1 aliphatic rings. The summed E-state index contributed by atoms with van der Waals surface area (Å²) in [6, 6.07) is 6.01. The average molecular weight is 338 g/mol. The van der Waals surface area contributed by atoms with Crippen LogP contribution < -0.4 is 4.90 Å². The lowest BCUT2D eigenvalue weighted by molar-refractivity contribution is 0.00566. The second-order valence-corrected chi connectivity index (χ2v) is 7.67. The monoisotopic (exact) mass is 337 g/mol. The van der Waals surface area contributed by atoms with Gasteiger partial charge in [-0.05, 0) is 59.2 Å². The molecule has 0 aromatic heterocycles. The van der Waals surface area contributed by atoms with Gasteiger partial charge in [0.15, 0.2) is 0 Å². The maximum Gasteiger partial charge on any atom is 0.410 e. The van der Waals surface area contributed by atoms with E-state index < -0.39 is 5.60 Å². The maximum absolute atomic E-state index is 12.4. The predicted octanol–water partition coefficient (Wildman–Crippen LogP) is 4.36. The first-order valence-corrected chi connectivity index (χ1v) is 8.34. The van der Waals surface area contributed by atoms with Crippen molar-refractivity contribution >= 4 is 23.4 Å². The van der Waals surface area contributed by atoms with Crippen LogP contribution in [0.1, 0.15) is 40.2 Å². The number of hydrogen-bond donors (Lipinski definition) is 0. The van der Waals surface area contributed by atoms with Crippen molar-refractivity contribution in [1.29, 1.82) is 0 Å². The molecule has 0 saturated carbocycles. The summed E-state index contributed by atoms with van der Waals surface area (Å²) in [6.45, 7) is 15.1. The zero-order valence-electron chi connectivity index (χ0n) is 14.6. The van der Waals surface area contributed by atoms with Gasteiger partial charge in [-0.2, -0.15) is 0 Å². The van der Waals surface area contributed by atoms with Gasteiger partial charge in [0, 0.05) is 23.8 Å². The van der Waals surface area contributed by atoms with Crippen LogP contribution in [0.15, 0.2) is 18.2 Å². The van der Waals surface area contributed by atoms with Gasteiger partial charge in [0.2, 0.25) is 0 Å². The predicted molar refractivity (Wildman–Crippen MR) is 95.1 cm³/mol. The Morgan fingerprint density at radius 3 is 2.30 bits per heavy atom. The van der Waals surface area contributed by atoms with Gasteiger partial charge in [0.05, 0.1) is 12.1 Å². The van der Waals surface area contributed by atoms with Crippen molar-refractivity contribution in [3.05, 3.63) is 35.7 Å². The van der Waals surface area contributed by atoms with Crippen molar-refractivity contribution in [2.75, 3.05) is 18.0 Å². The number of ether oxygens (including phenoxy) is 1. The number of halogens is 1. The molecule has 1 heterocycles. The summed E-state index contributed by atoms with van der Waals surface area (Å²) in [7, 11) is 0. The molecule has 23 heavy (non-hydrogen) atoms. The van der Waals surface area contributed by atoms with E-state index in [1.165, 1.54) is 0 Å². The van der Waals surface area contributed by atoms with Gasteiger partial charge in [0.1, 0.15) is 5.60 Å². The van der Waals surface area contributed by atoms with E-state index in [1.807, 2.05) is 57.7 Å². The Bertz CT molecular complexity index is 571. The highest BCUT2D eigenvalue weighted by molar-refractivity contribution is 6.31. The van der Waals surface area contributed by atoms with Crippen LogP contribution in [0.5, 0.6) is 0 Å². The molecule has 4 nitrogen and oxygen atoms in total. The molecule has 0 aliphatic carbocycles. The first-order valence-electron chi connectivity index (χ1n) is 7.96. The normalized spacial score (nSPS) is 22.2. The lowest BCUT2D eigenvalue weighted by Gasteiger charge is -2.45. The van der Waals surface area contributed by atoms with Crippen molar-refractivity contribution in [1.82, 2.24) is 4.90 Å². The molecule has 1 aromatic carbocycles. The number of amides is 1. The zero-order chi connectivity index (χ0) is 17.4. The number of benzene rings is 1. The van der Waals surface area contributed by atoms with E-state index in [2.05, 4.69) is 11.8 Å². The molecular weight excluding hydrogens is 312 g/mol. The molecule has 1 fully saturated rings. The number of piperazine rings is 1. The van der Waals surface area contributed by atoms with Crippen LogP contribution in [0.4, 0.5) is 10.5 Å². The smallest absolute Gasteiger partial charge is 0.410 e. The summed E-state index contributed by atoms with van der Waals surface area (Å²) in [5, 5.41) is 0.664. The molecule has 2 rings (SSSR count). The topological polar surface area (TPSA) is 32.8 Å². The Kier molecular flexibility index (Phi) is 5.14. The van der Waals surface area contributed by atoms with E-state index >= 15 is 0 Å². The van der Waals surface area contributed by atoms with Crippen LogP contribution in [0, 0.1) is 6.92 Å². The minimum absolute atomic E-state index is 0.0619. The van der Waals surface area contributed by atoms with E-state index in [4.69, 9.17) is 16.3 Å². The molecule has 5 heteroatoms. The molecule has 2 atom stereocenters. The van der Waals surface area contributed by atoms with Crippen molar-refractivity contribution in [2.24, 2.45) is 0 Å². The molecule has 1 radical (unpaired) electrons. The molecule has 0 unspecified atom stereocenters. The van der Waals surface area contributed by atoms with Gasteiger partial charge < -0.3 is 9.64 Å². The minimum Gasteiger partial charge on any atom is -0.444 e.